The number of hydrogen-bond donors (Lipinski definition) is 2. The van der Waals surface area contributed by atoms with E-state index in [-0.39, 0.29) is 18.3 Å². The Morgan fingerprint density at radius 1 is 1.03 bits per heavy atom. The number of nitrogens with zero attached hydrogens (tertiary/aromatic N) is 1. The number of aromatic hydroxyl groups is 1. The van der Waals surface area contributed by atoms with E-state index >= 15 is 0 Å². The minimum Gasteiger partial charge on any atom is -0.507 e. The van der Waals surface area contributed by atoms with Crippen LogP contribution < -0.4 is 5.32 Å². The molecule has 5 nitrogen and oxygen atoms in total. The fourth-order valence-corrected chi connectivity index (χ4v) is 3.75. The highest BCUT2D eigenvalue weighted by Crippen LogP contribution is 2.37. The standard InChI is InChI=1S/C25H24N2O3/c1-3-30-25(29)24-20-15-23(28)19(17-10-6-4-7-11-17)14-21(20)27(2)22(24)16-26-18-12-8-5-9-13-18/h4-15,26,28H,3,16H2,1-2H3. The molecular weight excluding hydrogens is 376 g/mol. The van der Waals surface area contributed by atoms with E-state index in [1.54, 1.807) is 13.0 Å². The number of para-hydroxylation sites is 1. The van der Waals surface area contributed by atoms with E-state index in [2.05, 4.69) is 5.32 Å². The van der Waals surface area contributed by atoms with Crippen molar-refractivity contribution in [3.8, 4) is 16.9 Å². The molecule has 0 bridgehead atoms. The number of carbonyl (C=O) groups is 1. The summed E-state index contributed by atoms with van der Waals surface area (Å²) in [6.07, 6.45) is 0. The van der Waals surface area contributed by atoms with Crippen molar-refractivity contribution >= 4 is 22.6 Å². The minimum absolute atomic E-state index is 0.132. The van der Waals surface area contributed by atoms with E-state index in [0.717, 1.165) is 28.0 Å². The zero-order valence-electron chi connectivity index (χ0n) is 17.1. The number of aryl methyl sites for hydroxylation is 1. The molecule has 5 heteroatoms. The van der Waals surface area contributed by atoms with Crippen molar-refractivity contribution in [1.29, 1.82) is 0 Å². The van der Waals surface area contributed by atoms with Crippen LogP contribution in [0.15, 0.2) is 72.8 Å². The lowest BCUT2D eigenvalue weighted by Gasteiger charge is -2.10. The third-order valence-corrected chi connectivity index (χ3v) is 5.24. The van der Waals surface area contributed by atoms with E-state index < -0.39 is 0 Å². The maximum Gasteiger partial charge on any atom is 0.340 e. The summed E-state index contributed by atoms with van der Waals surface area (Å²) in [6, 6.07) is 23.1. The Balaban J connectivity index is 1.85. The number of rotatable bonds is 6. The number of nitrogens with one attached hydrogen (secondary N) is 1. The zero-order valence-corrected chi connectivity index (χ0v) is 17.1. The van der Waals surface area contributed by atoms with Gasteiger partial charge in [-0.1, -0.05) is 48.5 Å². The van der Waals surface area contributed by atoms with Gasteiger partial charge in [-0.2, -0.15) is 0 Å². The normalized spacial score (nSPS) is 10.9. The van der Waals surface area contributed by atoms with E-state index in [0.29, 0.717) is 17.5 Å². The first kappa shape index (κ1) is 19.6. The molecule has 1 heterocycles. The largest absolute Gasteiger partial charge is 0.507 e. The second-order valence-electron chi connectivity index (χ2n) is 7.07. The third kappa shape index (κ3) is 3.62. The summed E-state index contributed by atoms with van der Waals surface area (Å²) in [4.78, 5) is 12.8. The summed E-state index contributed by atoms with van der Waals surface area (Å²) < 4.78 is 7.32. The number of hydrogen-bond acceptors (Lipinski definition) is 4. The molecule has 0 radical (unpaired) electrons. The molecule has 152 valence electrons. The SMILES string of the molecule is CCOC(=O)c1c(CNc2ccccc2)n(C)c2cc(-c3ccccc3)c(O)cc12. The maximum atomic E-state index is 12.8. The number of phenolic OH excluding ortho intramolecular Hbond substituents is 1. The number of carbonyl (C=O) groups excluding carboxylic acids is 1. The van der Waals surface area contributed by atoms with Crippen molar-refractivity contribution in [2.75, 3.05) is 11.9 Å². The number of benzene rings is 3. The summed E-state index contributed by atoms with van der Waals surface area (Å²) in [5.74, 6) is -0.257. The van der Waals surface area contributed by atoms with Crippen LogP contribution in [-0.2, 0) is 18.3 Å². The molecule has 0 amide bonds. The molecule has 0 unspecified atom stereocenters. The van der Waals surface area contributed by atoms with Crippen LogP contribution >= 0.6 is 0 Å². The van der Waals surface area contributed by atoms with E-state index in [1.807, 2.05) is 78.3 Å². The van der Waals surface area contributed by atoms with E-state index in [1.165, 1.54) is 0 Å². The Morgan fingerprint density at radius 3 is 2.37 bits per heavy atom. The maximum absolute atomic E-state index is 12.8. The first-order valence-electron chi connectivity index (χ1n) is 9.96. The van der Waals surface area contributed by atoms with Gasteiger partial charge >= 0.3 is 5.97 Å². The summed E-state index contributed by atoms with van der Waals surface area (Å²) in [7, 11) is 1.93. The number of phenols is 1. The summed E-state index contributed by atoms with van der Waals surface area (Å²) in [5, 5.41) is 14.8. The lowest BCUT2D eigenvalue weighted by molar-refractivity contribution is 0.0527. The van der Waals surface area contributed by atoms with Crippen LogP contribution in [0.4, 0.5) is 5.69 Å². The Labute approximate surface area is 175 Å². The van der Waals surface area contributed by atoms with Gasteiger partial charge < -0.3 is 19.7 Å². The van der Waals surface area contributed by atoms with Crippen LogP contribution in [0.2, 0.25) is 0 Å². The average molecular weight is 400 g/mol. The van der Waals surface area contributed by atoms with Gasteiger partial charge in [-0.3, -0.25) is 0 Å². The van der Waals surface area contributed by atoms with Crippen LogP contribution in [0.1, 0.15) is 23.0 Å². The van der Waals surface area contributed by atoms with E-state index in [9.17, 15) is 9.90 Å². The van der Waals surface area contributed by atoms with Crippen molar-refractivity contribution < 1.29 is 14.6 Å². The Hall–Kier alpha value is -3.73. The van der Waals surface area contributed by atoms with Crippen molar-refractivity contribution in [2.24, 2.45) is 7.05 Å². The highest BCUT2D eigenvalue weighted by atomic mass is 16.5. The zero-order chi connectivity index (χ0) is 21.1. The van der Waals surface area contributed by atoms with Crippen molar-refractivity contribution in [2.45, 2.75) is 13.5 Å². The number of anilines is 1. The molecule has 0 atom stereocenters. The molecule has 0 fully saturated rings. The molecule has 1 aromatic heterocycles. The second-order valence-corrected chi connectivity index (χ2v) is 7.07. The summed E-state index contributed by atoms with van der Waals surface area (Å²) in [6.45, 7) is 2.52. The molecule has 2 N–H and O–H groups in total. The lowest BCUT2D eigenvalue weighted by Crippen LogP contribution is -2.12. The molecule has 0 saturated heterocycles. The molecule has 0 spiro atoms. The van der Waals surface area contributed by atoms with Gasteiger partial charge in [-0.15, -0.1) is 0 Å². The van der Waals surface area contributed by atoms with Gasteiger partial charge in [-0.05, 0) is 36.8 Å². The highest BCUT2D eigenvalue weighted by molar-refractivity contribution is 6.07. The van der Waals surface area contributed by atoms with Crippen LogP contribution in [0.25, 0.3) is 22.0 Å². The first-order chi connectivity index (χ1) is 14.6. The van der Waals surface area contributed by atoms with Gasteiger partial charge in [0.15, 0.2) is 0 Å². The average Bonchev–Trinajstić information content (AvgIpc) is 3.04. The minimum atomic E-state index is -0.389. The molecule has 0 saturated carbocycles. The van der Waals surface area contributed by atoms with Crippen molar-refractivity contribution in [3.05, 3.63) is 84.1 Å². The highest BCUT2D eigenvalue weighted by Gasteiger charge is 2.24. The lowest BCUT2D eigenvalue weighted by atomic mass is 10.0. The quantitative estimate of drug-likeness (QED) is 0.429. The predicted octanol–water partition coefficient (Wildman–Crippen LogP) is 5.34. The number of esters is 1. The number of fused-ring (bicyclic) bond motifs is 1. The monoisotopic (exact) mass is 400 g/mol. The second kappa shape index (κ2) is 8.33. The molecule has 0 aliphatic rings. The third-order valence-electron chi connectivity index (χ3n) is 5.24. The van der Waals surface area contributed by atoms with Crippen LogP contribution in [0.3, 0.4) is 0 Å². The van der Waals surface area contributed by atoms with Gasteiger partial charge in [0, 0.05) is 29.2 Å². The van der Waals surface area contributed by atoms with Crippen molar-refractivity contribution in [3.63, 3.8) is 0 Å². The van der Waals surface area contributed by atoms with Gasteiger partial charge in [0.05, 0.1) is 24.4 Å². The molecule has 0 aliphatic heterocycles. The molecule has 4 rings (SSSR count). The smallest absolute Gasteiger partial charge is 0.340 e. The Bertz CT molecular complexity index is 1180. The Morgan fingerprint density at radius 2 is 1.70 bits per heavy atom. The summed E-state index contributed by atoms with van der Waals surface area (Å²) in [5.41, 5.74) is 4.75. The van der Waals surface area contributed by atoms with E-state index in [4.69, 9.17) is 4.74 Å². The Kier molecular flexibility index (Phi) is 5.44. The predicted molar refractivity (Wildman–Crippen MR) is 120 cm³/mol. The van der Waals surface area contributed by atoms with Gasteiger partial charge in [0.25, 0.3) is 0 Å². The van der Waals surface area contributed by atoms with Crippen LogP contribution in [-0.4, -0.2) is 22.2 Å². The fraction of sp³-hybridized carbons (Fsp3) is 0.160. The first-order valence-corrected chi connectivity index (χ1v) is 9.96. The number of aromatic nitrogens is 1. The topological polar surface area (TPSA) is 63.5 Å². The van der Waals surface area contributed by atoms with Crippen LogP contribution in [0.5, 0.6) is 5.75 Å². The van der Waals surface area contributed by atoms with Gasteiger partial charge in [-0.25, -0.2) is 4.79 Å². The van der Waals surface area contributed by atoms with Crippen LogP contribution in [0, 0.1) is 0 Å². The van der Waals surface area contributed by atoms with Gasteiger partial charge in [0.1, 0.15) is 5.75 Å². The molecular formula is C25H24N2O3. The fourth-order valence-electron chi connectivity index (χ4n) is 3.75. The molecule has 0 aliphatic carbocycles. The number of ether oxygens (including phenoxy) is 1. The summed E-state index contributed by atoms with van der Waals surface area (Å²) >= 11 is 0. The molecule has 30 heavy (non-hydrogen) atoms. The van der Waals surface area contributed by atoms with Crippen molar-refractivity contribution in [1.82, 2.24) is 4.57 Å². The molecule has 3 aromatic carbocycles. The molecule has 4 aromatic rings. The van der Waals surface area contributed by atoms with Gasteiger partial charge in [0.2, 0.25) is 0 Å².